The quantitative estimate of drug-likeness (QED) is 0.458. The fraction of sp³-hybridized carbons (Fsp3) is 0.280. The molecule has 0 saturated heterocycles. The monoisotopic (exact) mass is 438 g/mol. The molecule has 7 heteroatoms. The minimum atomic E-state index is -4.32. The largest absolute Gasteiger partial charge is 0.490 e. The molecule has 0 unspecified atom stereocenters. The van der Waals surface area contributed by atoms with Gasteiger partial charge in [0.15, 0.2) is 0 Å². The molecule has 2 N–H and O–H groups in total. The van der Waals surface area contributed by atoms with Gasteiger partial charge in [-0.1, -0.05) is 12.1 Å². The SMILES string of the molecule is O=C(Nc1c[nH]c2ccc(OC3CC(c4ccc(C(F)(F)F)cc4)C3)cc12)C1=C=CCC1. The van der Waals surface area contributed by atoms with E-state index in [0.29, 0.717) is 23.4 Å². The lowest BCUT2D eigenvalue weighted by Crippen LogP contribution is -2.32. The number of alkyl halides is 3. The summed E-state index contributed by atoms with van der Waals surface area (Å²) in [6.45, 7) is 0. The van der Waals surface area contributed by atoms with E-state index in [4.69, 9.17) is 4.74 Å². The number of nitrogens with one attached hydrogen (secondary N) is 2. The van der Waals surface area contributed by atoms with E-state index in [-0.39, 0.29) is 17.9 Å². The topological polar surface area (TPSA) is 54.1 Å². The summed E-state index contributed by atoms with van der Waals surface area (Å²) >= 11 is 0. The van der Waals surface area contributed by atoms with Gasteiger partial charge in [-0.05, 0) is 73.6 Å². The smallest absolute Gasteiger partial charge is 0.416 e. The van der Waals surface area contributed by atoms with Crippen LogP contribution in [0.15, 0.2) is 66.0 Å². The summed E-state index contributed by atoms with van der Waals surface area (Å²) in [5.41, 5.74) is 5.49. The number of ether oxygens (including phenoxy) is 1. The summed E-state index contributed by atoms with van der Waals surface area (Å²) in [5, 5.41) is 3.79. The molecule has 2 aromatic carbocycles. The van der Waals surface area contributed by atoms with E-state index in [1.165, 1.54) is 0 Å². The maximum atomic E-state index is 12.7. The fourth-order valence-electron chi connectivity index (χ4n) is 4.21. The van der Waals surface area contributed by atoms with E-state index >= 15 is 0 Å². The number of amides is 1. The molecular formula is C25H21F3N2O2. The number of benzene rings is 2. The first-order chi connectivity index (χ1) is 15.4. The molecule has 5 rings (SSSR count). The Hall–Kier alpha value is -3.44. The Bertz CT molecular complexity index is 1230. The molecule has 3 aromatic rings. The Morgan fingerprint density at radius 3 is 2.59 bits per heavy atom. The van der Waals surface area contributed by atoms with Gasteiger partial charge >= 0.3 is 6.18 Å². The standard InChI is InChI=1S/C25H21F3N2O2/c26-25(27,28)18-7-5-15(6-8-18)17-11-20(12-17)32-19-9-10-22-21(13-19)23(14-29-22)30-24(31)16-3-1-2-4-16/h1,5-10,13-14,17,20,29H,2,4,11-12H2,(H,30,31). The van der Waals surface area contributed by atoms with Crippen molar-refractivity contribution in [2.24, 2.45) is 0 Å². The molecule has 0 spiro atoms. The zero-order chi connectivity index (χ0) is 22.3. The van der Waals surface area contributed by atoms with E-state index < -0.39 is 11.7 Å². The second kappa shape index (κ2) is 7.92. The van der Waals surface area contributed by atoms with Crippen molar-refractivity contribution in [2.75, 3.05) is 5.32 Å². The number of carbonyl (C=O) groups is 1. The molecule has 2 aliphatic rings. The molecule has 164 valence electrons. The summed E-state index contributed by atoms with van der Waals surface area (Å²) < 4.78 is 44.3. The van der Waals surface area contributed by atoms with Crippen LogP contribution < -0.4 is 10.1 Å². The highest BCUT2D eigenvalue weighted by molar-refractivity contribution is 6.08. The van der Waals surface area contributed by atoms with Crippen molar-refractivity contribution in [2.45, 2.75) is 43.9 Å². The maximum absolute atomic E-state index is 12.7. The highest BCUT2D eigenvalue weighted by Crippen LogP contribution is 2.41. The number of hydrogen-bond donors (Lipinski definition) is 2. The summed E-state index contributed by atoms with van der Waals surface area (Å²) in [6, 6.07) is 11.1. The second-order valence-electron chi connectivity index (χ2n) is 8.26. The van der Waals surface area contributed by atoms with Gasteiger partial charge in [0.05, 0.1) is 22.9 Å². The van der Waals surface area contributed by atoms with Crippen LogP contribution in [0.25, 0.3) is 10.9 Å². The zero-order valence-corrected chi connectivity index (χ0v) is 17.1. The Morgan fingerprint density at radius 2 is 1.91 bits per heavy atom. The Balaban J connectivity index is 1.23. The van der Waals surface area contributed by atoms with Crippen LogP contribution in [0.4, 0.5) is 18.9 Å². The third kappa shape index (κ3) is 4.04. The van der Waals surface area contributed by atoms with E-state index in [1.807, 2.05) is 24.3 Å². The molecule has 0 atom stereocenters. The van der Waals surface area contributed by atoms with E-state index in [1.54, 1.807) is 18.3 Å². The van der Waals surface area contributed by atoms with E-state index in [9.17, 15) is 18.0 Å². The number of halogens is 3. The lowest BCUT2D eigenvalue weighted by atomic mass is 9.77. The van der Waals surface area contributed by atoms with Gasteiger partial charge in [-0.15, -0.1) is 5.73 Å². The summed E-state index contributed by atoms with van der Waals surface area (Å²) in [6.07, 6.45) is 2.35. The number of anilines is 1. The molecule has 0 bridgehead atoms. The van der Waals surface area contributed by atoms with Crippen molar-refractivity contribution in [1.29, 1.82) is 0 Å². The highest BCUT2D eigenvalue weighted by Gasteiger charge is 2.34. The van der Waals surface area contributed by atoms with Crippen LogP contribution in [0.3, 0.4) is 0 Å². The van der Waals surface area contributed by atoms with Crippen molar-refractivity contribution >= 4 is 22.5 Å². The van der Waals surface area contributed by atoms with Gasteiger partial charge in [-0.25, -0.2) is 0 Å². The first-order valence-corrected chi connectivity index (χ1v) is 10.6. The Labute approximate surface area is 182 Å². The number of carbonyl (C=O) groups excluding carboxylic acids is 1. The third-order valence-electron chi connectivity index (χ3n) is 6.10. The molecule has 1 aromatic heterocycles. The van der Waals surface area contributed by atoms with Crippen LogP contribution in [0, 0.1) is 0 Å². The molecule has 0 radical (unpaired) electrons. The Kier molecular flexibility index (Phi) is 5.06. The number of H-pyrrole nitrogens is 1. The number of aromatic amines is 1. The van der Waals surface area contributed by atoms with Gasteiger partial charge in [0.25, 0.3) is 5.91 Å². The summed E-state index contributed by atoms with van der Waals surface area (Å²) in [5.74, 6) is 0.744. The third-order valence-corrected chi connectivity index (χ3v) is 6.10. The van der Waals surface area contributed by atoms with Gasteiger partial charge in [0, 0.05) is 17.1 Å². The lowest BCUT2D eigenvalue weighted by molar-refractivity contribution is -0.137. The number of aromatic nitrogens is 1. The van der Waals surface area contributed by atoms with Crippen LogP contribution in [0.1, 0.15) is 42.7 Å². The fourth-order valence-corrected chi connectivity index (χ4v) is 4.21. The molecule has 1 amide bonds. The van der Waals surface area contributed by atoms with Gasteiger partial charge in [0.2, 0.25) is 0 Å². The van der Waals surface area contributed by atoms with Crippen molar-refractivity contribution in [3.8, 4) is 5.75 Å². The minimum absolute atomic E-state index is 0.00510. The first-order valence-electron chi connectivity index (χ1n) is 10.6. The summed E-state index contributed by atoms with van der Waals surface area (Å²) in [4.78, 5) is 15.5. The average Bonchev–Trinajstić information content (AvgIpc) is 3.40. The van der Waals surface area contributed by atoms with Crippen molar-refractivity contribution in [1.82, 2.24) is 4.98 Å². The first kappa shape index (κ1) is 20.5. The minimum Gasteiger partial charge on any atom is -0.490 e. The van der Waals surface area contributed by atoms with Gasteiger partial charge in [0.1, 0.15) is 5.75 Å². The van der Waals surface area contributed by atoms with Gasteiger partial charge < -0.3 is 15.0 Å². The van der Waals surface area contributed by atoms with Gasteiger partial charge in [-0.3, -0.25) is 4.79 Å². The molecule has 4 nitrogen and oxygen atoms in total. The van der Waals surface area contributed by atoms with Crippen LogP contribution in [-0.2, 0) is 11.0 Å². The second-order valence-corrected chi connectivity index (χ2v) is 8.26. The average molecular weight is 438 g/mol. The number of hydrogen-bond acceptors (Lipinski definition) is 2. The zero-order valence-electron chi connectivity index (χ0n) is 17.1. The van der Waals surface area contributed by atoms with Gasteiger partial charge in [-0.2, -0.15) is 13.2 Å². The molecule has 1 heterocycles. The highest BCUT2D eigenvalue weighted by atomic mass is 19.4. The van der Waals surface area contributed by atoms with E-state index in [2.05, 4.69) is 16.0 Å². The predicted octanol–water partition coefficient (Wildman–Crippen LogP) is 6.33. The lowest BCUT2D eigenvalue weighted by Gasteiger charge is -2.35. The normalized spacial score (nSPS) is 20.2. The summed E-state index contributed by atoms with van der Waals surface area (Å²) in [7, 11) is 0. The number of rotatable bonds is 5. The van der Waals surface area contributed by atoms with Crippen LogP contribution in [0.5, 0.6) is 5.75 Å². The maximum Gasteiger partial charge on any atom is 0.416 e. The van der Waals surface area contributed by atoms with Crippen LogP contribution >= 0.6 is 0 Å². The Morgan fingerprint density at radius 1 is 1.12 bits per heavy atom. The number of fused-ring (bicyclic) bond motifs is 1. The molecule has 1 fully saturated rings. The predicted molar refractivity (Wildman–Crippen MR) is 116 cm³/mol. The molecule has 0 aliphatic heterocycles. The van der Waals surface area contributed by atoms with E-state index in [0.717, 1.165) is 47.9 Å². The molecule has 32 heavy (non-hydrogen) atoms. The molecular weight excluding hydrogens is 417 g/mol. The van der Waals surface area contributed by atoms with Crippen molar-refractivity contribution in [3.63, 3.8) is 0 Å². The van der Waals surface area contributed by atoms with Crippen molar-refractivity contribution < 1.29 is 22.7 Å². The molecule has 2 aliphatic carbocycles. The van der Waals surface area contributed by atoms with Crippen molar-refractivity contribution in [3.05, 3.63) is 77.2 Å². The molecule has 1 saturated carbocycles. The van der Waals surface area contributed by atoms with Crippen LogP contribution in [-0.4, -0.2) is 17.0 Å². The van der Waals surface area contributed by atoms with Crippen LogP contribution in [0.2, 0.25) is 0 Å².